The van der Waals surface area contributed by atoms with Crippen molar-refractivity contribution in [3.8, 4) is 0 Å². The molecule has 1 radical (unpaired) electrons. The normalized spacial score (nSPS) is 11.6. The Labute approximate surface area is 93.9 Å². The molecule has 0 spiro atoms. The van der Waals surface area contributed by atoms with Gasteiger partial charge in [-0.1, -0.05) is 43.3 Å². The summed E-state index contributed by atoms with van der Waals surface area (Å²) in [5, 5.41) is 3.57. The highest BCUT2D eigenvalue weighted by Gasteiger charge is 2.11. The first kappa shape index (κ1) is 12.6. The standard InChI is InChI=1S/C12H14F2NO/c1-9(2)7-15-16-8-10-5-3-4-6-11(10)12(13)14/h3-6,9,12H,8H2,1-2H3. The van der Waals surface area contributed by atoms with Crippen molar-refractivity contribution < 1.29 is 13.6 Å². The van der Waals surface area contributed by atoms with E-state index in [2.05, 4.69) is 11.4 Å². The summed E-state index contributed by atoms with van der Waals surface area (Å²) in [5.74, 6) is 0.158. The molecule has 0 amide bonds. The van der Waals surface area contributed by atoms with Crippen LogP contribution in [0.3, 0.4) is 0 Å². The van der Waals surface area contributed by atoms with Gasteiger partial charge in [-0.25, -0.2) is 8.78 Å². The Morgan fingerprint density at radius 3 is 2.62 bits per heavy atom. The highest BCUT2D eigenvalue weighted by atomic mass is 19.3. The molecule has 1 aromatic rings. The van der Waals surface area contributed by atoms with Gasteiger partial charge in [0.25, 0.3) is 6.43 Å². The van der Waals surface area contributed by atoms with Crippen molar-refractivity contribution in [2.24, 2.45) is 11.1 Å². The van der Waals surface area contributed by atoms with Crippen molar-refractivity contribution in [1.82, 2.24) is 0 Å². The largest absolute Gasteiger partial charge is 0.391 e. The number of halogens is 2. The third kappa shape index (κ3) is 3.96. The van der Waals surface area contributed by atoms with Crippen molar-refractivity contribution >= 4 is 6.21 Å². The second-order valence-electron chi connectivity index (χ2n) is 3.65. The number of hydrogen-bond acceptors (Lipinski definition) is 2. The molecule has 1 aromatic carbocycles. The Morgan fingerprint density at radius 2 is 2.00 bits per heavy atom. The summed E-state index contributed by atoms with van der Waals surface area (Å²) in [6.45, 7) is 3.85. The molecule has 4 heteroatoms. The van der Waals surface area contributed by atoms with Gasteiger partial charge in [0.1, 0.15) is 12.8 Å². The van der Waals surface area contributed by atoms with Crippen LogP contribution in [0.5, 0.6) is 0 Å². The maximum absolute atomic E-state index is 12.6. The first-order chi connectivity index (χ1) is 7.61. The fraction of sp³-hybridized carbons (Fsp3) is 0.417. The fourth-order valence-electron chi connectivity index (χ4n) is 1.12. The summed E-state index contributed by atoms with van der Waals surface area (Å²) in [6.07, 6.45) is 0.192. The highest BCUT2D eigenvalue weighted by Crippen LogP contribution is 2.23. The van der Waals surface area contributed by atoms with Gasteiger partial charge in [-0.2, -0.15) is 0 Å². The topological polar surface area (TPSA) is 21.6 Å². The molecule has 1 rings (SSSR count). The van der Waals surface area contributed by atoms with E-state index in [1.165, 1.54) is 6.07 Å². The molecular weight excluding hydrogens is 212 g/mol. The molecule has 0 unspecified atom stereocenters. The van der Waals surface area contributed by atoms with Crippen LogP contribution in [0.1, 0.15) is 31.4 Å². The van der Waals surface area contributed by atoms with Gasteiger partial charge in [-0.05, 0) is 0 Å². The molecule has 0 aromatic heterocycles. The van der Waals surface area contributed by atoms with E-state index in [0.29, 0.717) is 5.56 Å². The lowest BCUT2D eigenvalue weighted by Gasteiger charge is -2.06. The average molecular weight is 226 g/mol. The zero-order chi connectivity index (χ0) is 12.0. The zero-order valence-electron chi connectivity index (χ0n) is 9.28. The van der Waals surface area contributed by atoms with Gasteiger partial charge in [0.2, 0.25) is 0 Å². The summed E-state index contributed by atoms with van der Waals surface area (Å²) < 4.78 is 25.1. The third-order valence-electron chi connectivity index (χ3n) is 1.89. The van der Waals surface area contributed by atoms with E-state index < -0.39 is 6.43 Å². The summed E-state index contributed by atoms with van der Waals surface area (Å²) in [7, 11) is 0. The van der Waals surface area contributed by atoms with Gasteiger partial charge in [0.15, 0.2) is 0 Å². The Kier molecular flexibility index (Phi) is 4.89. The molecule has 87 valence electrons. The van der Waals surface area contributed by atoms with Gasteiger partial charge < -0.3 is 4.84 Å². The van der Waals surface area contributed by atoms with Crippen LogP contribution in [0.25, 0.3) is 0 Å². The van der Waals surface area contributed by atoms with Gasteiger partial charge in [-0.15, -0.1) is 0 Å². The molecule has 0 N–H and O–H groups in total. The molecule has 0 atom stereocenters. The van der Waals surface area contributed by atoms with Crippen LogP contribution in [0, 0.1) is 5.92 Å². The van der Waals surface area contributed by atoms with Crippen molar-refractivity contribution in [2.75, 3.05) is 0 Å². The molecule has 0 heterocycles. The second kappa shape index (κ2) is 6.20. The first-order valence-corrected chi connectivity index (χ1v) is 5.04. The molecule has 0 saturated heterocycles. The molecule has 16 heavy (non-hydrogen) atoms. The number of nitrogens with zero attached hydrogens (tertiary/aromatic N) is 1. The Morgan fingerprint density at radius 1 is 1.31 bits per heavy atom. The number of alkyl halides is 2. The van der Waals surface area contributed by atoms with E-state index in [0.717, 1.165) is 0 Å². The molecule has 2 nitrogen and oxygen atoms in total. The van der Waals surface area contributed by atoms with Crippen LogP contribution in [0.4, 0.5) is 8.78 Å². The third-order valence-corrected chi connectivity index (χ3v) is 1.89. The Bertz CT molecular complexity index is 351. The molecular formula is C12H14F2NO. The number of benzene rings is 1. The van der Waals surface area contributed by atoms with Gasteiger partial charge in [0.05, 0.1) is 0 Å². The quantitative estimate of drug-likeness (QED) is 0.554. The van der Waals surface area contributed by atoms with Crippen LogP contribution in [0.2, 0.25) is 0 Å². The molecule has 0 aliphatic carbocycles. The van der Waals surface area contributed by atoms with E-state index in [1.807, 2.05) is 13.8 Å². The van der Waals surface area contributed by atoms with Crippen LogP contribution < -0.4 is 0 Å². The predicted molar refractivity (Wildman–Crippen MR) is 58.5 cm³/mol. The lowest BCUT2D eigenvalue weighted by atomic mass is 10.1. The second-order valence-corrected chi connectivity index (χ2v) is 3.65. The predicted octanol–water partition coefficient (Wildman–Crippen LogP) is 3.66. The number of hydrogen-bond donors (Lipinski definition) is 0. The summed E-state index contributed by atoms with van der Waals surface area (Å²) >= 11 is 0. The monoisotopic (exact) mass is 226 g/mol. The average Bonchev–Trinajstić information content (AvgIpc) is 2.24. The minimum atomic E-state index is -2.49. The highest BCUT2D eigenvalue weighted by molar-refractivity contribution is 5.58. The van der Waals surface area contributed by atoms with Gasteiger partial charge >= 0.3 is 0 Å². The molecule has 0 bridgehead atoms. The number of rotatable bonds is 5. The minimum Gasteiger partial charge on any atom is -0.391 e. The summed E-state index contributed by atoms with van der Waals surface area (Å²) in [4.78, 5) is 4.90. The fourth-order valence-corrected chi connectivity index (χ4v) is 1.12. The van der Waals surface area contributed by atoms with Gasteiger partial charge in [0, 0.05) is 17.0 Å². The first-order valence-electron chi connectivity index (χ1n) is 5.04. The molecule has 0 saturated carbocycles. The Hall–Kier alpha value is -1.45. The zero-order valence-corrected chi connectivity index (χ0v) is 9.28. The minimum absolute atomic E-state index is 0.0118. The van der Waals surface area contributed by atoms with E-state index in [9.17, 15) is 8.78 Å². The molecule has 0 fully saturated rings. The summed E-state index contributed by atoms with van der Waals surface area (Å²) in [5.41, 5.74) is 0.439. The van der Waals surface area contributed by atoms with Crippen LogP contribution in [-0.4, -0.2) is 6.21 Å². The lowest BCUT2D eigenvalue weighted by Crippen LogP contribution is -1.96. The molecule has 0 aliphatic heterocycles. The van der Waals surface area contributed by atoms with E-state index in [1.54, 1.807) is 18.2 Å². The van der Waals surface area contributed by atoms with Crippen LogP contribution >= 0.6 is 0 Å². The Balaban J connectivity index is 2.60. The van der Waals surface area contributed by atoms with Crippen molar-refractivity contribution in [3.63, 3.8) is 0 Å². The van der Waals surface area contributed by atoms with Crippen LogP contribution in [0.15, 0.2) is 29.4 Å². The van der Waals surface area contributed by atoms with Crippen molar-refractivity contribution in [1.29, 1.82) is 0 Å². The lowest BCUT2D eigenvalue weighted by molar-refractivity contribution is 0.119. The maximum atomic E-state index is 12.6. The van der Waals surface area contributed by atoms with Crippen LogP contribution in [-0.2, 0) is 11.4 Å². The van der Waals surface area contributed by atoms with E-state index in [-0.39, 0.29) is 18.1 Å². The van der Waals surface area contributed by atoms with E-state index in [4.69, 9.17) is 4.84 Å². The van der Waals surface area contributed by atoms with E-state index >= 15 is 0 Å². The molecule has 0 aliphatic rings. The summed E-state index contributed by atoms with van der Waals surface area (Å²) in [6, 6.07) is 6.26. The maximum Gasteiger partial charge on any atom is 0.264 e. The smallest absolute Gasteiger partial charge is 0.264 e. The van der Waals surface area contributed by atoms with Gasteiger partial charge in [-0.3, -0.25) is 0 Å². The van der Waals surface area contributed by atoms with Crippen molar-refractivity contribution in [2.45, 2.75) is 26.9 Å². The van der Waals surface area contributed by atoms with Crippen molar-refractivity contribution in [3.05, 3.63) is 35.4 Å². The SMILES string of the molecule is CC(C)/[C]=N\OCc1ccccc1C(F)F.